The third kappa shape index (κ3) is 3.18. The van der Waals surface area contributed by atoms with E-state index in [1.807, 2.05) is 37.5 Å². The van der Waals surface area contributed by atoms with Gasteiger partial charge >= 0.3 is 0 Å². The van der Waals surface area contributed by atoms with Crippen molar-refractivity contribution >= 4 is 16.8 Å². The first-order valence-electron chi connectivity index (χ1n) is 11.2. The Morgan fingerprint density at radius 2 is 2.06 bits per heavy atom. The number of carbonyl (C=O) groups excluding carboxylic acids is 1. The van der Waals surface area contributed by atoms with Gasteiger partial charge in [0.2, 0.25) is 5.91 Å². The summed E-state index contributed by atoms with van der Waals surface area (Å²) in [5.74, 6) is 1.30. The predicted molar refractivity (Wildman–Crippen MR) is 118 cm³/mol. The number of halogens is 1. The van der Waals surface area contributed by atoms with Crippen LogP contribution in [0.25, 0.3) is 22.0 Å². The van der Waals surface area contributed by atoms with Gasteiger partial charge in [-0.25, -0.2) is 4.39 Å². The standard InChI is InChI=1S/C25H24FN5O/c1-31-12-16-5-3-14(8-22(16)30-31)13-2-4-15(21(26)7-13)6-17(11-27)28-25(32)24-20-10-23(29-24)19-9-18(19)20/h2-5,7-8,12,17-20,23-24,29H,6,9-10H2,1H3,(H,28,32)/t17-,18+,19-,20+,23-,24-/m0/s1. The van der Waals surface area contributed by atoms with E-state index in [1.54, 1.807) is 10.7 Å². The van der Waals surface area contributed by atoms with Gasteiger partial charge in [0.15, 0.2) is 0 Å². The summed E-state index contributed by atoms with van der Waals surface area (Å²) in [5, 5.41) is 21.3. The van der Waals surface area contributed by atoms with Gasteiger partial charge in [0.25, 0.3) is 0 Å². The van der Waals surface area contributed by atoms with Gasteiger partial charge < -0.3 is 10.6 Å². The lowest BCUT2D eigenvalue weighted by Gasteiger charge is -2.23. The number of nitriles is 1. The Morgan fingerprint density at radius 1 is 1.25 bits per heavy atom. The number of piperidine rings is 1. The minimum atomic E-state index is -0.761. The van der Waals surface area contributed by atoms with E-state index in [9.17, 15) is 14.4 Å². The first-order chi connectivity index (χ1) is 15.5. The third-order valence-corrected chi connectivity index (χ3v) is 7.49. The average molecular weight is 429 g/mol. The molecule has 162 valence electrons. The molecule has 2 aliphatic carbocycles. The zero-order valence-electron chi connectivity index (χ0n) is 17.8. The van der Waals surface area contributed by atoms with Crippen molar-refractivity contribution < 1.29 is 9.18 Å². The van der Waals surface area contributed by atoms with Crippen LogP contribution in [0.15, 0.2) is 42.6 Å². The Kier molecular flexibility index (Phi) is 4.34. The molecule has 3 aromatic rings. The van der Waals surface area contributed by atoms with Gasteiger partial charge in [-0.15, -0.1) is 0 Å². The number of nitrogens with zero attached hydrogens (tertiary/aromatic N) is 3. The molecular formula is C25H24FN5O. The van der Waals surface area contributed by atoms with E-state index >= 15 is 0 Å². The van der Waals surface area contributed by atoms with Gasteiger partial charge in [0.1, 0.15) is 11.9 Å². The second-order valence-electron chi connectivity index (χ2n) is 9.49. The van der Waals surface area contributed by atoms with E-state index < -0.39 is 6.04 Å². The first kappa shape index (κ1) is 19.4. The summed E-state index contributed by atoms with van der Waals surface area (Å²) in [6, 6.07) is 12.5. The van der Waals surface area contributed by atoms with E-state index in [4.69, 9.17) is 0 Å². The van der Waals surface area contributed by atoms with Crippen LogP contribution in [-0.4, -0.2) is 33.8 Å². The van der Waals surface area contributed by atoms with Crippen molar-refractivity contribution in [3.05, 3.63) is 54.0 Å². The Bertz CT molecular complexity index is 1280. The van der Waals surface area contributed by atoms with E-state index in [-0.39, 0.29) is 24.2 Å². The fourth-order valence-electron chi connectivity index (χ4n) is 5.85. The highest BCUT2D eigenvalue weighted by atomic mass is 19.1. The van der Waals surface area contributed by atoms with Crippen LogP contribution in [0.5, 0.6) is 0 Å². The number of amides is 1. The lowest BCUT2D eigenvalue weighted by molar-refractivity contribution is -0.124. The zero-order valence-corrected chi connectivity index (χ0v) is 17.8. The zero-order chi connectivity index (χ0) is 22.0. The molecule has 3 fully saturated rings. The molecule has 2 aromatic carbocycles. The molecule has 0 spiro atoms. The molecule has 1 amide bonds. The summed E-state index contributed by atoms with van der Waals surface area (Å²) in [4.78, 5) is 12.8. The summed E-state index contributed by atoms with van der Waals surface area (Å²) < 4.78 is 16.7. The van der Waals surface area contributed by atoms with Crippen LogP contribution in [-0.2, 0) is 18.3 Å². The topological polar surface area (TPSA) is 82.7 Å². The molecule has 2 N–H and O–H groups in total. The van der Waals surface area contributed by atoms with Gasteiger partial charge in [-0.05, 0) is 59.4 Å². The molecule has 0 unspecified atom stereocenters. The number of fused-ring (bicyclic) bond motifs is 6. The lowest BCUT2D eigenvalue weighted by atomic mass is 9.96. The quantitative estimate of drug-likeness (QED) is 0.653. The normalized spacial score (nSPS) is 28.3. The largest absolute Gasteiger partial charge is 0.339 e. The third-order valence-electron chi connectivity index (χ3n) is 7.49. The van der Waals surface area contributed by atoms with E-state index in [0.717, 1.165) is 34.4 Å². The van der Waals surface area contributed by atoms with E-state index in [2.05, 4.69) is 21.8 Å². The van der Waals surface area contributed by atoms with Crippen molar-refractivity contribution in [2.24, 2.45) is 24.8 Å². The summed E-state index contributed by atoms with van der Waals surface area (Å²) in [6.07, 6.45) is 4.36. The van der Waals surface area contributed by atoms with Crippen molar-refractivity contribution in [2.45, 2.75) is 37.4 Å². The van der Waals surface area contributed by atoms with E-state index in [1.165, 1.54) is 12.5 Å². The monoisotopic (exact) mass is 429 g/mol. The molecule has 6 nitrogen and oxygen atoms in total. The SMILES string of the molecule is Cn1cc2ccc(-c3ccc(C[C@@H](C#N)NC(=O)[C@H]4N[C@H]5C[C@@H]4[C@@H]4C[C@@H]45)c(F)c3)cc2n1. The highest BCUT2D eigenvalue weighted by Crippen LogP contribution is 2.59. The van der Waals surface area contributed by atoms with Gasteiger partial charge in [0.05, 0.1) is 17.6 Å². The maximum Gasteiger partial charge on any atom is 0.238 e. The number of aryl methyl sites for hydroxylation is 1. The number of aromatic nitrogens is 2. The number of nitrogens with one attached hydrogen (secondary N) is 2. The fraction of sp³-hybridized carbons (Fsp3) is 0.400. The van der Waals surface area contributed by atoms with Crippen molar-refractivity contribution in [3.63, 3.8) is 0 Å². The predicted octanol–water partition coefficient (Wildman–Crippen LogP) is 2.93. The maximum atomic E-state index is 14.9. The van der Waals surface area contributed by atoms with Crippen LogP contribution in [0.4, 0.5) is 4.39 Å². The maximum absolute atomic E-state index is 14.9. The summed E-state index contributed by atoms with van der Waals surface area (Å²) in [5.41, 5.74) is 2.91. The lowest BCUT2D eigenvalue weighted by Crippen LogP contribution is -2.51. The molecule has 2 saturated carbocycles. The van der Waals surface area contributed by atoms with Crippen LogP contribution in [0, 0.1) is 34.9 Å². The molecule has 6 atom stereocenters. The molecular weight excluding hydrogens is 405 g/mol. The second kappa shape index (κ2) is 7.14. The number of carbonyl (C=O) groups is 1. The van der Waals surface area contributed by atoms with Gasteiger partial charge in [-0.2, -0.15) is 10.4 Å². The summed E-state index contributed by atoms with van der Waals surface area (Å²) >= 11 is 0. The molecule has 6 rings (SSSR count). The molecule has 1 aromatic heterocycles. The Morgan fingerprint density at radius 3 is 2.81 bits per heavy atom. The van der Waals surface area contributed by atoms with Crippen LogP contribution < -0.4 is 10.6 Å². The van der Waals surface area contributed by atoms with Crippen molar-refractivity contribution in [2.75, 3.05) is 0 Å². The minimum Gasteiger partial charge on any atom is -0.339 e. The highest BCUT2D eigenvalue weighted by Gasteiger charge is 2.62. The van der Waals surface area contributed by atoms with Crippen LogP contribution in [0.2, 0.25) is 0 Å². The molecule has 1 saturated heterocycles. The molecule has 1 aliphatic heterocycles. The fourth-order valence-corrected chi connectivity index (χ4v) is 5.85. The molecule has 2 heterocycles. The Labute approximate surface area is 185 Å². The van der Waals surface area contributed by atoms with E-state index in [0.29, 0.717) is 23.4 Å². The highest BCUT2D eigenvalue weighted by molar-refractivity contribution is 5.84. The first-order valence-corrected chi connectivity index (χ1v) is 11.2. The molecule has 3 aliphatic rings. The van der Waals surface area contributed by atoms with Crippen LogP contribution >= 0.6 is 0 Å². The van der Waals surface area contributed by atoms with Crippen molar-refractivity contribution in [1.29, 1.82) is 5.26 Å². The number of benzene rings is 2. The van der Waals surface area contributed by atoms with Gasteiger partial charge in [0, 0.05) is 31.1 Å². The van der Waals surface area contributed by atoms with Gasteiger partial charge in [-0.1, -0.05) is 24.3 Å². The van der Waals surface area contributed by atoms with Crippen LogP contribution in [0.3, 0.4) is 0 Å². The molecule has 32 heavy (non-hydrogen) atoms. The second-order valence-corrected chi connectivity index (χ2v) is 9.49. The van der Waals surface area contributed by atoms with Crippen LogP contribution in [0.1, 0.15) is 18.4 Å². The number of hydrogen-bond donors (Lipinski definition) is 2. The summed E-state index contributed by atoms with van der Waals surface area (Å²) in [7, 11) is 1.87. The molecule has 7 heteroatoms. The molecule has 2 bridgehead atoms. The average Bonchev–Trinajstić information content (AvgIpc) is 3.17. The smallest absolute Gasteiger partial charge is 0.238 e. The van der Waals surface area contributed by atoms with Gasteiger partial charge in [-0.3, -0.25) is 9.48 Å². The number of rotatable bonds is 5. The van der Waals surface area contributed by atoms with Crippen molar-refractivity contribution in [1.82, 2.24) is 20.4 Å². The Balaban J connectivity index is 1.16. The molecule has 0 radical (unpaired) electrons. The number of hydrogen-bond acceptors (Lipinski definition) is 4. The summed E-state index contributed by atoms with van der Waals surface area (Å²) in [6.45, 7) is 0. The minimum absolute atomic E-state index is 0.130. The van der Waals surface area contributed by atoms with Crippen molar-refractivity contribution in [3.8, 4) is 17.2 Å². The Hall–Kier alpha value is -3.24.